The molecule has 0 bridgehead atoms. The Bertz CT molecular complexity index is 1330. The number of aromatic nitrogens is 1. The number of benzene rings is 2. The summed E-state index contributed by atoms with van der Waals surface area (Å²) < 4.78 is 72.9. The van der Waals surface area contributed by atoms with Crippen LogP contribution in [0.3, 0.4) is 0 Å². The third-order valence-corrected chi connectivity index (χ3v) is 5.90. The van der Waals surface area contributed by atoms with E-state index in [0.717, 1.165) is 16.7 Å². The number of esters is 1. The van der Waals surface area contributed by atoms with Gasteiger partial charge in [-0.25, -0.2) is 9.18 Å². The molecule has 0 radical (unpaired) electrons. The lowest BCUT2D eigenvalue weighted by Crippen LogP contribution is -2.28. The monoisotopic (exact) mass is 541 g/mol. The molecule has 2 aromatic carbocycles. The molecule has 0 N–H and O–H groups in total. The molecule has 198 valence electrons. The number of alkyl halides is 3. The SMILES string of the molecule is CCOC(=O)COc1cc(Oc2ccc(C(C)C(c3ccc(=O)n(C)c3)C(F)(F)F)c(Cl)c2)ccc1F. The van der Waals surface area contributed by atoms with E-state index >= 15 is 0 Å². The van der Waals surface area contributed by atoms with E-state index in [9.17, 15) is 27.2 Å². The molecule has 0 aliphatic heterocycles. The van der Waals surface area contributed by atoms with Gasteiger partial charge in [0.05, 0.1) is 12.5 Å². The molecule has 0 aliphatic carbocycles. The van der Waals surface area contributed by atoms with Crippen LogP contribution in [0, 0.1) is 5.82 Å². The summed E-state index contributed by atoms with van der Waals surface area (Å²) in [5.41, 5.74) is -0.269. The first kappa shape index (κ1) is 28.0. The fourth-order valence-corrected chi connectivity index (χ4v) is 4.16. The summed E-state index contributed by atoms with van der Waals surface area (Å²) >= 11 is 6.36. The minimum atomic E-state index is -4.61. The van der Waals surface area contributed by atoms with Gasteiger partial charge in [0.2, 0.25) is 5.56 Å². The van der Waals surface area contributed by atoms with Crippen LogP contribution in [-0.4, -0.2) is 29.9 Å². The van der Waals surface area contributed by atoms with Gasteiger partial charge in [-0.05, 0) is 48.2 Å². The van der Waals surface area contributed by atoms with E-state index < -0.39 is 42.0 Å². The zero-order valence-corrected chi connectivity index (χ0v) is 20.9. The Morgan fingerprint density at radius 1 is 1.08 bits per heavy atom. The second-order valence-electron chi connectivity index (χ2n) is 8.19. The van der Waals surface area contributed by atoms with Gasteiger partial charge in [-0.15, -0.1) is 0 Å². The van der Waals surface area contributed by atoms with E-state index in [4.69, 9.17) is 25.8 Å². The normalized spacial score (nSPS) is 13.1. The van der Waals surface area contributed by atoms with Crippen LogP contribution in [0.1, 0.15) is 36.8 Å². The van der Waals surface area contributed by atoms with E-state index in [0.29, 0.717) is 0 Å². The van der Waals surface area contributed by atoms with Crippen LogP contribution >= 0.6 is 11.6 Å². The number of aryl methyl sites for hydroxylation is 1. The number of hydrogen-bond donors (Lipinski definition) is 0. The number of halogens is 5. The molecule has 3 rings (SSSR count). The average Bonchev–Trinajstić information content (AvgIpc) is 2.81. The van der Waals surface area contributed by atoms with Crippen LogP contribution < -0.4 is 15.0 Å². The summed E-state index contributed by atoms with van der Waals surface area (Å²) in [5, 5.41) is 0.0324. The molecule has 0 aliphatic rings. The van der Waals surface area contributed by atoms with Crippen molar-refractivity contribution in [3.63, 3.8) is 0 Å². The molecule has 2 atom stereocenters. The van der Waals surface area contributed by atoms with Crippen molar-refractivity contribution >= 4 is 17.6 Å². The zero-order valence-electron chi connectivity index (χ0n) is 20.1. The number of pyridine rings is 1. The van der Waals surface area contributed by atoms with Gasteiger partial charge in [-0.3, -0.25) is 4.79 Å². The van der Waals surface area contributed by atoms with E-state index in [1.807, 2.05) is 0 Å². The summed E-state index contributed by atoms with van der Waals surface area (Å²) in [6.45, 7) is 2.68. The van der Waals surface area contributed by atoms with Crippen LogP contribution in [0.4, 0.5) is 17.6 Å². The summed E-state index contributed by atoms with van der Waals surface area (Å²) in [6, 6.07) is 10.1. The Hall–Kier alpha value is -3.53. The lowest BCUT2D eigenvalue weighted by molar-refractivity contribution is -0.155. The number of hydrogen-bond acceptors (Lipinski definition) is 5. The summed E-state index contributed by atoms with van der Waals surface area (Å²) in [5.74, 6) is -4.31. The van der Waals surface area contributed by atoms with E-state index in [1.54, 1.807) is 6.92 Å². The van der Waals surface area contributed by atoms with Crippen molar-refractivity contribution in [2.45, 2.75) is 31.9 Å². The highest BCUT2D eigenvalue weighted by Crippen LogP contribution is 2.46. The van der Waals surface area contributed by atoms with Crippen LogP contribution in [0.15, 0.2) is 59.5 Å². The van der Waals surface area contributed by atoms with Gasteiger partial charge in [-0.1, -0.05) is 30.7 Å². The van der Waals surface area contributed by atoms with E-state index in [1.165, 1.54) is 56.6 Å². The van der Waals surface area contributed by atoms with E-state index in [-0.39, 0.29) is 40.0 Å². The maximum absolute atomic E-state index is 14.1. The second-order valence-corrected chi connectivity index (χ2v) is 8.60. The van der Waals surface area contributed by atoms with Crippen molar-refractivity contribution < 1.29 is 36.6 Å². The second kappa shape index (κ2) is 11.7. The lowest BCUT2D eigenvalue weighted by atomic mass is 9.82. The zero-order chi connectivity index (χ0) is 27.3. The van der Waals surface area contributed by atoms with Gasteiger partial charge in [0.25, 0.3) is 0 Å². The molecule has 37 heavy (non-hydrogen) atoms. The summed E-state index contributed by atoms with van der Waals surface area (Å²) in [6.07, 6.45) is -3.44. The Morgan fingerprint density at radius 2 is 1.76 bits per heavy atom. The molecule has 0 saturated carbocycles. The molecule has 3 aromatic rings. The minimum Gasteiger partial charge on any atom is -0.479 e. The van der Waals surface area contributed by atoms with Crippen molar-refractivity contribution in [1.82, 2.24) is 4.57 Å². The number of carbonyl (C=O) groups is 1. The fraction of sp³-hybridized carbons (Fsp3) is 0.308. The Kier molecular flexibility index (Phi) is 8.85. The van der Waals surface area contributed by atoms with Crippen molar-refractivity contribution in [2.75, 3.05) is 13.2 Å². The third kappa shape index (κ3) is 7.03. The quantitative estimate of drug-likeness (QED) is 0.233. The Morgan fingerprint density at radius 3 is 2.38 bits per heavy atom. The topological polar surface area (TPSA) is 66.8 Å². The fourth-order valence-electron chi connectivity index (χ4n) is 3.81. The van der Waals surface area contributed by atoms with Gasteiger partial charge in [0.15, 0.2) is 18.2 Å². The first-order chi connectivity index (χ1) is 17.4. The maximum Gasteiger partial charge on any atom is 0.396 e. The predicted octanol–water partition coefficient (Wildman–Crippen LogP) is 6.36. The van der Waals surface area contributed by atoms with E-state index in [2.05, 4.69) is 0 Å². The highest BCUT2D eigenvalue weighted by Gasteiger charge is 2.45. The van der Waals surface area contributed by atoms with Crippen molar-refractivity contribution in [3.05, 3.63) is 87.0 Å². The van der Waals surface area contributed by atoms with Crippen LogP contribution in [0.25, 0.3) is 0 Å². The summed E-state index contributed by atoms with van der Waals surface area (Å²) in [4.78, 5) is 23.1. The highest BCUT2D eigenvalue weighted by molar-refractivity contribution is 6.31. The highest BCUT2D eigenvalue weighted by atomic mass is 35.5. The van der Waals surface area contributed by atoms with Crippen molar-refractivity contribution in [3.8, 4) is 17.2 Å². The molecule has 0 saturated heterocycles. The Balaban J connectivity index is 1.83. The number of ether oxygens (including phenoxy) is 3. The first-order valence-corrected chi connectivity index (χ1v) is 11.6. The predicted molar refractivity (Wildman–Crippen MR) is 129 cm³/mol. The van der Waals surface area contributed by atoms with Gasteiger partial charge in [0.1, 0.15) is 11.5 Å². The third-order valence-electron chi connectivity index (χ3n) is 5.57. The van der Waals surface area contributed by atoms with Gasteiger partial charge in [-0.2, -0.15) is 13.2 Å². The largest absolute Gasteiger partial charge is 0.479 e. The molecule has 1 heterocycles. The smallest absolute Gasteiger partial charge is 0.396 e. The van der Waals surface area contributed by atoms with Gasteiger partial charge in [0, 0.05) is 30.4 Å². The molecule has 2 unspecified atom stereocenters. The number of rotatable bonds is 9. The lowest BCUT2D eigenvalue weighted by Gasteiger charge is -2.28. The summed E-state index contributed by atoms with van der Waals surface area (Å²) in [7, 11) is 1.38. The van der Waals surface area contributed by atoms with Crippen molar-refractivity contribution in [1.29, 1.82) is 0 Å². The number of carbonyl (C=O) groups excluding carboxylic acids is 1. The van der Waals surface area contributed by atoms with Crippen LogP contribution in [-0.2, 0) is 16.6 Å². The minimum absolute atomic E-state index is 0.0324. The molecule has 1 aromatic heterocycles. The Labute approximate surface area is 215 Å². The maximum atomic E-state index is 14.1. The van der Waals surface area contributed by atoms with Crippen molar-refractivity contribution in [2.24, 2.45) is 7.05 Å². The van der Waals surface area contributed by atoms with Gasteiger partial charge >= 0.3 is 12.1 Å². The molecular weight excluding hydrogens is 518 g/mol. The molecule has 0 fully saturated rings. The first-order valence-electron chi connectivity index (χ1n) is 11.2. The molecule has 11 heteroatoms. The molecule has 0 amide bonds. The molecular formula is C26H24ClF4NO5. The van der Waals surface area contributed by atoms with Crippen LogP contribution in [0.5, 0.6) is 17.2 Å². The van der Waals surface area contributed by atoms with Gasteiger partial charge < -0.3 is 18.8 Å². The number of nitrogens with zero attached hydrogens (tertiary/aromatic N) is 1. The standard InChI is InChI=1S/C26H24ClF4NO5/c1-4-35-24(34)14-36-22-12-18(7-9-21(22)28)37-17-6-8-19(20(27)11-17)15(2)25(26(29,30)31)16-5-10-23(33)32(3)13-16/h5-13,15,25H,4,14H2,1-3H3. The molecule has 6 nitrogen and oxygen atoms in total. The average molecular weight is 542 g/mol. The van der Waals surface area contributed by atoms with Crippen LogP contribution in [0.2, 0.25) is 5.02 Å². The molecule has 0 spiro atoms.